The maximum absolute atomic E-state index is 3.23. The van der Waals surface area contributed by atoms with Gasteiger partial charge in [-0.25, -0.2) is 0 Å². The Labute approximate surface area is 88.1 Å². The molecule has 1 N–H and O–H groups in total. The molecule has 1 spiro atoms. The summed E-state index contributed by atoms with van der Waals surface area (Å²) in [5.74, 6) is 0. The SMILES string of the molecule is CNCCN1CC2(CCCCCC2)C1. The Morgan fingerprint density at radius 2 is 1.71 bits per heavy atom. The molecule has 2 fully saturated rings. The number of likely N-dealkylation sites (N-methyl/N-ethyl adjacent to an activating group) is 1. The molecule has 1 saturated heterocycles. The maximum Gasteiger partial charge on any atom is 0.0107 e. The molecule has 82 valence electrons. The van der Waals surface area contributed by atoms with Gasteiger partial charge in [-0.1, -0.05) is 25.7 Å². The van der Waals surface area contributed by atoms with Gasteiger partial charge in [0.15, 0.2) is 0 Å². The largest absolute Gasteiger partial charge is 0.318 e. The first-order valence-corrected chi connectivity index (χ1v) is 6.22. The van der Waals surface area contributed by atoms with Crippen LogP contribution in [-0.4, -0.2) is 38.1 Å². The molecule has 0 aromatic rings. The quantitative estimate of drug-likeness (QED) is 0.741. The molecule has 0 bridgehead atoms. The van der Waals surface area contributed by atoms with E-state index in [-0.39, 0.29) is 0 Å². The Kier molecular flexibility index (Phi) is 3.45. The van der Waals surface area contributed by atoms with Crippen molar-refractivity contribution in [2.45, 2.75) is 38.5 Å². The highest BCUT2D eigenvalue weighted by Crippen LogP contribution is 2.42. The molecule has 1 aliphatic carbocycles. The predicted octanol–water partition coefficient (Wildman–Crippen LogP) is 1.86. The minimum Gasteiger partial charge on any atom is -0.318 e. The molecule has 2 nitrogen and oxygen atoms in total. The lowest BCUT2D eigenvalue weighted by molar-refractivity contribution is -0.0101. The monoisotopic (exact) mass is 196 g/mol. The number of hydrogen-bond acceptors (Lipinski definition) is 2. The van der Waals surface area contributed by atoms with Gasteiger partial charge in [-0.3, -0.25) is 0 Å². The van der Waals surface area contributed by atoms with Crippen LogP contribution < -0.4 is 5.32 Å². The summed E-state index contributed by atoms with van der Waals surface area (Å²) in [6.07, 6.45) is 8.95. The van der Waals surface area contributed by atoms with E-state index in [0.29, 0.717) is 0 Å². The van der Waals surface area contributed by atoms with Crippen molar-refractivity contribution in [3.63, 3.8) is 0 Å². The van der Waals surface area contributed by atoms with Crippen molar-refractivity contribution in [2.24, 2.45) is 5.41 Å². The Morgan fingerprint density at radius 3 is 2.29 bits per heavy atom. The molecule has 1 aliphatic heterocycles. The summed E-state index contributed by atoms with van der Waals surface area (Å²) in [5.41, 5.74) is 0.754. The maximum atomic E-state index is 3.23. The Hall–Kier alpha value is -0.0800. The van der Waals surface area contributed by atoms with Gasteiger partial charge in [-0.15, -0.1) is 0 Å². The lowest BCUT2D eigenvalue weighted by atomic mass is 9.73. The van der Waals surface area contributed by atoms with Crippen molar-refractivity contribution in [1.82, 2.24) is 10.2 Å². The number of rotatable bonds is 3. The summed E-state index contributed by atoms with van der Waals surface area (Å²) in [7, 11) is 2.04. The van der Waals surface area contributed by atoms with Crippen LogP contribution >= 0.6 is 0 Å². The first-order valence-electron chi connectivity index (χ1n) is 6.22. The first-order chi connectivity index (χ1) is 6.85. The van der Waals surface area contributed by atoms with Gasteiger partial charge in [0.1, 0.15) is 0 Å². The van der Waals surface area contributed by atoms with Crippen molar-refractivity contribution in [2.75, 3.05) is 33.2 Å². The molecule has 2 heteroatoms. The van der Waals surface area contributed by atoms with E-state index in [1.54, 1.807) is 0 Å². The van der Waals surface area contributed by atoms with Crippen molar-refractivity contribution < 1.29 is 0 Å². The van der Waals surface area contributed by atoms with Gasteiger partial charge in [0.25, 0.3) is 0 Å². The number of nitrogens with zero attached hydrogens (tertiary/aromatic N) is 1. The van der Waals surface area contributed by atoms with Crippen LogP contribution in [0.4, 0.5) is 0 Å². The van der Waals surface area contributed by atoms with Crippen LogP contribution in [0.25, 0.3) is 0 Å². The van der Waals surface area contributed by atoms with Gasteiger partial charge in [0, 0.05) is 26.2 Å². The smallest absolute Gasteiger partial charge is 0.0107 e. The fourth-order valence-corrected chi connectivity index (χ4v) is 3.13. The van der Waals surface area contributed by atoms with Crippen LogP contribution in [-0.2, 0) is 0 Å². The van der Waals surface area contributed by atoms with Gasteiger partial charge in [0.05, 0.1) is 0 Å². The van der Waals surface area contributed by atoms with E-state index >= 15 is 0 Å². The highest BCUT2D eigenvalue weighted by molar-refractivity contribution is 4.95. The topological polar surface area (TPSA) is 15.3 Å². The minimum atomic E-state index is 0.754. The van der Waals surface area contributed by atoms with Crippen LogP contribution in [0.1, 0.15) is 38.5 Å². The van der Waals surface area contributed by atoms with Crippen molar-refractivity contribution in [1.29, 1.82) is 0 Å². The molecule has 14 heavy (non-hydrogen) atoms. The fraction of sp³-hybridized carbons (Fsp3) is 1.00. The van der Waals surface area contributed by atoms with Gasteiger partial charge in [-0.2, -0.15) is 0 Å². The first kappa shape index (κ1) is 10.4. The molecule has 1 saturated carbocycles. The van der Waals surface area contributed by atoms with Crippen LogP contribution in [0.5, 0.6) is 0 Å². The molecular weight excluding hydrogens is 172 g/mol. The molecule has 2 aliphatic rings. The normalized spacial score (nSPS) is 27.2. The molecule has 0 amide bonds. The van der Waals surface area contributed by atoms with E-state index in [2.05, 4.69) is 10.2 Å². The van der Waals surface area contributed by atoms with E-state index in [1.807, 2.05) is 7.05 Å². The zero-order valence-electron chi connectivity index (χ0n) is 9.52. The van der Waals surface area contributed by atoms with Crippen LogP contribution in [0.15, 0.2) is 0 Å². The number of nitrogens with one attached hydrogen (secondary N) is 1. The van der Waals surface area contributed by atoms with E-state index in [1.165, 1.54) is 58.2 Å². The predicted molar refractivity (Wildman–Crippen MR) is 60.5 cm³/mol. The summed E-state index contributed by atoms with van der Waals surface area (Å²) in [5, 5.41) is 3.23. The van der Waals surface area contributed by atoms with Crippen LogP contribution in [0.3, 0.4) is 0 Å². The van der Waals surface area contributed by atoms with Crippen molar-refractivity contribution in [3.8, 4) is 0 Å². The third-order valence-corrected chi connectivity index (χ3v) is 3.96. The average molecular weight is 196 g/mol. The zero-order valence-corrected chi connectivity index (χ0v) is 9.52. The third-order valence-electron chi connectivity index (χ3n) is 3.96. The molecule has 0 radical (unpaired) electrons. The summed E-state index contributed by atoms with van der Waals surface area (Å²) in [4.78, 5) is 2.61. The summed E-state index contributed by atoms with van der Waals surface area (Å²) in [6.45, 7) is 5.16. The molecule has 2 rings (SSSR count). The van der Waals surface area contributed by atoms with Crippen LogP contribution in [0, 0.1) is 5.41 Å². The summed E-state index contributed by atoms with van der Waals surface area (Å²) >= 11 is 0. The highest BCUT2D eigenvalue weighted by Gasteiger charge is 2.41. The van der Waals surface area contributed by atoms with E-state index in [9.17, 15) is 0 Å². The van der Waals surface area contributed by atoms with E-state index in [0.717, 1.165) is 12.0 Å². The fourth-order valence-electron chi connectivity index (χ4n) is 3.13. The number of likely N-dealkylation sites (tertiary alicyclic amines) is 1. The average Bonchev–Trinajstić information content (AvgIpc) is 2.38. The van der Waals surface area contributed by atoms with Crippen molar-refractivity contribution >= 4 is 0 Å². The Morgan fingerprint density at radius 1 is 1.07 bits per heavy atom. The lowest BCUT2D eigenvalue weighted by Crippen LogP contribution is -2.57. The summed E-state index contributed by atoms with van der Waals surface area (Å²) < 4.78 is 0. The lowest BCUT2D eigenvalue weighted by Gasteiger charge is -2.50. The minimum absolute atomic E-state index is 0.754. The third kappa shape index (κ3) is 2.29. The van der Waals surface area contributed by atoms with Gasteiger partial charge < -0.3 is 10.2 Å². The second-order valence-electron chi connectivity index (χ2n) is 5.23. The second kappa shape index (κ2) is 4.63. The number of hydrogen-bond donors (Lipinski definition) is 1. The highest BCUT2D eigenvalue weighted by atomic mass is 15.2. The van der Waals surface area contributed by atoms with E-state index in [4.69, 9.17) is 0 Å². The van der Waals surface area contributed by atoms with Gasteiger partial charge in [0.2, 0.25) is 0 Å². The molecular formula is C12H24N2. The molecule has 0 atom stereocenters. The summed E-state index contributed by atoms with van der Waals surface area (Å²) in [6, 6.07) is 0. The zero-order chi connectivity index (χ0) is 9.86. The standard InChI is InChI=1S/C12H24N2/c1-13-8-9-14-10-12(11-14)6-4-2-3-5-7-12/h13H,2-11H2,1H3. The molecule has 0 unspecified atom stereocenters. The van der Waals surface area contributed by atoms with Crippen molar-refractivity contribution in [3.05, 3.63) is 0 Å². The molecule has 0 aromatic carbocycles. The Balaban J connectivity index is 1.72. The van der Waals surface area contributed by atoms with Gasteiger partial charge >= 0.3 is 0 Å². The second-order valence-corrected chi connectivity index (χ2v) is 5.23. The van der Waals surface area contributed by atoms with E-state index < -0.39 is 0 Å². The Bertz CT molecular complexity index is 163. The van der Waals surface area contributed by atoms with Gasteiger partial charge in [-0.05, 0) is 25.3 Å². The van der Waals surface area contributed by atoms with Crippen LogP contribution in [0.2, 0.25) is 0 Å². The molecule has 0 aromatic heterocycles. The molecule has 1 heterocycles.